The van der Waals surface area contributed by atoms with Crippen LogP contribution in [0.5, 0.6) is 11.5 Å². The number of benzene rings is 3. The molecule has 4 rings (SSSR count). The second kappa shape index (κ2) is 8.02. The molecular formula is C24H19ClO4. The first kappa shape index (κ1) is 19.1. The lowest BCUT2D eigenvalue weighted by atomic mass is 9.85. The summed E-state index contributed by atoms with van der Waals surface area (Å²) in [7, 11) is 3.25. The summed E-state index contributed by atoms with van der Waals surface area (Å²) in [6.07, 6.45) is 1.54. The minimum atomic E-state index is -0.313. The molecule has 0 bridgehead atoms. The SMILES string of the molecule is COc1ccc(C(c2ccc(OC)cc2)c2coc3ccc(Cl)cc3c2=O)cc1. The topological polar surface area (TPSA) is 48.7 Å². The van der Waals surface area contributed by atoms with E-state index in [2.05, 4.69) is 0 Å². The smallest absolute Gasteiger partial charge is 0.196 e. The quantitative estimate of drug-likeness (QED) is 0.430. The summed E-state index contributed by atoms with van der Waals surface area (Å²) in [5, 5.41) is 0.953. The van der Waals surface area contributed by atoms with Crippen LogP contribution in [-0.2, 0) is 0 Å². The average molecular weight is 407 g/mol. The highest BCUT2D eigenvalue weighted by molar-refractivity contribution is 6.31. The third kappa shape index (κ3) is 3.71. The van der Waals surface area contributed by atoms with Crippen LogP contribution in [0.1, 0.15) is 22.6 Å². The standard InChI is InChI=1S/C24H19ClO4/c1-27-18-8-3-15(4-9-18)23(16-5-10-19(28-2)11-6-16)21-14-29-22-12-7-17(25)13-20(22)24(21)26/h3-14,23H,1-2H3. The minimum absolute atomic E-state index is 0.106. The predicted molar refractivity (Wildman–Crippen MR) is 114 cm³/mol. The van der Waals surface area contributed by atoms with E-state index in [-0.39, 0.29) is 11.3 Å². The van der Waals surface area contributed by atoms with Crippen LogP contribution in [0.4, 0.5) is 0 Å². The molecule has 0 amide bonds. The Bertz CT molecular complexity index is 1150. The molecule has 0 radical (unpaired) electrons. The van der Waals surface area contributed by atoms with Gasteiger partial charge < -0.3 is 13.9 Å². The van der Waals surface area contributed by atoms with Gasteiger partial charge in [-0.2, -0.15) is 0 Å². The molecule has 0 atom stereocenters. The van der Waals surface area contributed by atoms with Crippen molar-refractivity contribution in [2.75, 3.05) is 14.2 Å². The monoisotopic (exact) mass is 406 g/mol. The number of rotatable bonds is 5. The van der Waals surface area contributed by atoms with Crippen molar-refractivity contribution in [3.05, 3.63) is 105 Å². The summed E-state index contributed by atoms with van der Waals surface area (Å²) in [4.78, 5) is 13.3. The van der Waals surface area contributed by atoms with Crippen LogP contribution in [0, 0.1) is 0 Å². The first-order chi connectivity index (χ1) is 14.1. The van der Waals surface area contributed by atoms with E-state index < -0.39 is 0 Å². The molecule has 0 spiro atoms. The van der Waals surface area contributed by atoms with Crippen LogP contribution >= 0.6 is 11.6 Å². The molecule has 29 heavy (non-hydrogen) atoms. The third-order valence-electron chi connectivity index (χ3n) is 4.97. The van der Waals surface area contributed by atoms with Crippen molar-refractivity contribution in [1.82, 2.24) is 0 Å². The Balaban J connectivity index is 1.92. The molecule has 146 valence electrons. The van der Waals surface area contributed by atoms with Gasteiger partial charge in [-0.15, -0.1) is 0 Å². The zero-order chi connectivity index (χ0) is 20.4. The van der Waals surface area contributed by atoms with E-state index in [1.165, 1.54) is 6.26 Å². The maximum atomic E-state index is 13.3. The molecule has 0 saturated heterocycles. The molecule has 0 aliphatic rings. The van der Waals surface area contributed by atoms with E-state index >= 15 is 0 Å². The molecule has 0 unspecified atom stereocenters. The Morgan fingerprint density at radius 3 is 1.90 bits per heavy atom. The zero-order valence-corrected chi connectivity index (χ0v) is 16.8. The van der Waals surface area contributed by atoms with Crippen molar-refractivity contribution in [2.24, 2.45) is 0 Å². The van der Waals surface area contributed by atoms with E-state index in [9.17, 15) is 4.79 Å². The molecule has 0 aliphatic heterocycles. The van der Waals surface area contributed by atoms with Crippen LogP contribution in [0.15, 0.2) is 82.2 Å². The molecule has 3 aromatic carbocycles. The van der Waals surface area contributed by atoms with Crippen LogP contribution < -0.4 is 14.9 Å². The fourth-order valence-electron chi connectivity index (χ4n) is 3.46. The van der Waals surface area contributed by atoms with Gasteiger partial charge in [0.15, 0.2) is 5.43 Å². The van der Waals surface area contributed by atoms with Crippen molar-refractivity contribution in [3.8, 4) is 11.5 Å². The summed E-state index contributed by atoms with van der Waals surface area (Å²) in [6.45, 7) is 0. The highest BCUT2D eigenvalue weighted by Crippen LogP contribution is 2.33. The number of halogens is 1. The summed E-state index contributed by atoms with van der Waals surface area (Å²) in [6, 6.07) is 20.4. The second-order valence-electron chi connectivity index (χ2n) is 6.64. The molecule has 0 aliphatic carbocycles. The summed E-state index contributed by atoms with van der Waals surface area (Å²) >= 11 is 6.11. The first-order valence-corrected chi connectivity index (χ1v) is 9.47. The predicted octanol–water partition coefficient (Wildman–Crippen LogP) is 5.64. The zero-order valence-electron chi connectivity index (χ0n) is 16.0. The Hall–Kier alpha value is -3.24. The van der Waals surface area contributed by atoms with Crippen molar-refractivity contribution < 1.29 is 13.9 Å². The highest BCUT2D eigenvalue weighted by atomic mass is 35.5. The molecule has 4 aromatic rings. The maximum absolute atomic E-state index is 13.3. The van der Waals surface area contributed by atoms with E-state index in [1.807, 2.05) is 48.5 Å². The van der Waals surface area contributed by atoms with Crippen molar-refractivity contribution >= 4 is 22.6 Å². The van der Waals surface area contributed by atoms with Gasteiger partial charge >= 0.3 is 0 Å². The summed E-state index contributed by atoms with van der Waals surface area (Å²) in [5.41, 5.74) is 2.83. The number of hydrogen-bond acceptors (Lipinski definition) is 4. The summed E-state index contributed by atoms with van der Waals surface area (Å²) < 4.78 is 16.3. The number of ether oxygens (including phenoxy) is 2. The van der Waals surface area contributed by atoms with Crippen molar-refractivity contribution in [1.29, 1.82) is 0 Å². The van der Waals surface area contributed by atoms with Gasteiger partial charge in [0, 0.05) is 16.5 Å². The molecule has 1 aromatic heterocycles. The van der Waals surface area contributed by atoms with E-state index in [4.69, 9.17) is 25.5 Å². The molecule has 0 N–H and O–H groups in total. The lowest BCUT2D eigenvalue weighted by molar-refractivity contribution is 0.414. The molecule has 0 fully saturated rings. The maximum Gasteiger partial charge on any atom is 0.196 e. The fourth-order valence-corrected chi connectivity index (χ4v) is 3.63. The molecule has 5 heteroatoms. The highest BCUT2D eigenvalue weighted by Gasteiger charge is 2.22. The van der Waals surface area contributed by atoms with Crippen LogP contribution in [0.3, 0.4) is 0 Å². The number of methoxy groups -OCH3 is 2. The van der Waals surface area contributed by atoms with Crippen LogP contribution in [-0.4, -0.2) is 14.2 Å². The van der Waals surface area contributed by atoms with Crippen molar-refractivity contribution in [3.63, 3.8) is 0 Å². The molecular weight excluding hydrogens is 388 g/mol. The van der Waals surface area contributed by atoms with Crippen LogP contribution in [0.25, 0.3) is 11.0 Å². The Labute approximate surface area is 173 Å². The van der Waals surface area contributed by atoms with Gasteiger partial charge in [0.1, 0.15) is 17.1 Å². The van der Waals surface area contributed by atoms with E-state index in [0.717, 1.165) is 22.6 Å². The second-order valence-corrected chi connectivity index (χ2v) is 7.08. The lowest BCUT2D eigenvalue weighted by Crippen LogP contribution is -2.15. The van der Waals surface area contributed by atoms with Gasteiger partial charge in [-0.05, 0) is 53.6 Å². The summed E-state index contributed by atoms with van der Waals surface area (Å²) in [5.74, 6) is 1.19. The Morgan fingerprint density at radius 2 is 1.38 bits per heavy atom. The normalized spacial score (nSPS) is 11.0. The van der Waals surface area contributed by atoms with Gasteiger partial charge in [0.2, 0.25) is 0 Å². The van der Waals surface area contributed by atoms with Gasteiger partial charge in [0.25, 0.3) is 0 Å². The molecule has 4 nitrogen and oxygen atoms in total. The first-order valence-electron chi connectivity index (χ1n) is 9.09. The Morgan fingerprint density at radius 1 is 0.828 bits per heavy atom. The molecule has 1 heterocycles. The number of hydrogen-bond donors (Lipinski definition) is 0. The fraction of sp³-hybridized carbons (Fsp3) is 0.125. The van der Waals surface area contributed by atoms with Gasteiger partial charge in [-0.25, -0.2) is 0 Å². The van der Waals surface area contributed by atoms with Crippen LogP contribution in [0.2, 0.25) is 5.02 Å². The van der Waals surface area contributed by atoms with Gasteiger partial charge in [-0.1, -0.05) is 35.9 Å². The average Bonchev–Trinajstić information content (AvgIpc) is 2.77. The third-order valence-corrected chi connectivity index (χ3v) is 5.21. The van der Waals surface area contributed by atoms with Gasteiger partial charge in [-0.3, -0.25) is 4.79 Å². The largest absolute Gasteiger partial charge is 0.497 e. The Kier molecular flexibility index (Phi) is 5.28. The van der Waals surface area contributed by atoms with Crippen molar-refractivity contribution in [2.45, 2.75) is 5.92 Å². The molecule has 0 saturated carbocycles. The lowest BCUT2D eigenvalue weighted by Gasteiger charge is -2.19. The van der Waals surface area contributed by atoms with E-state index in [1.54, 1.807) is 32.4 Å². The van der Waals surface area contributed by atoms with E-state index in [0.29, 0.717) is 21.6 Å². The van der Waals surface area contributed by atoms with Gasteiger partial charge in [0.05, 0.1) is 25.9 Å². The minimum Gasteiger partial charge on any atom is -0.497 e. The number of fused-ring (bicyclic) bond motifs is 1.